The fraction of sp³-hybridized carbons (Fsp3) is 0.417. The second kappa shape index (κ2) is 6.49. The zero-order valence-electron chi connectivity index (χ0n) is 10.7. The van der Waals surface area contributed by atoms with Gasteiger partial charge in [0.1, 0.15) is 0 Å². The van der Waals surface area contributed by atoms with E-state index in [0.717, 1.165) is 6.07 Å². The minimum atomic E-state index is -0.572. The number of carbonyl (C=O) groups is 1. The van der Waals surface area contributed by atoms with Gasteiger partial charge in [0.15, 0.2) is 0 Å². The van der Waals surface area contributed by atoms with Crippen LogP contribution in [-0.2, 0) is 0 Å². The van der Waals surface area contributed by atoms with Crippen LogP contribution >= 0.6 is 11.6 Å². The van der Waals surface area contributed by atoms with Gasteiger partial charge in [-0.15, -0.1) is 0 Å². The quantitative estimate of drug-likeness (QED) is 0.663. The smallest absolute Gasteiger partial charge is 0.270 e. The lowest BCUT2D eigenvalue weighted by molar-refractivity contribution is -0.384. The molecule has 7 heteroatoms. The minimum Gasteiger partial charge on any atom is -0.393 e. The number of nitro groups is 1. The standard InChI is InChI=1S/C12H15ClN2O4/c1-8(16)5-6-14(2)12(17)10-4-3-9(15(18)19)7-11(10)13/h3-4,7-8,16H,5-6H2,1-2H3. The number of halogens is 1. The Morgan fingerprint density at radius 2 is 2.21 bits per heavy atom. The van der Waals surface area contributed by atoms with Crippen molar-refractivity contribution in [1.29, 1.82) is 0 Å². The minimum absolute atomic E-state index is 0.0445. The van der Waals surface area contributed by atoms with Crippen molar-refractivity contribution in [2.24, 2.45) is 0 Å². The summed E-state index contributed by atoms with van der Waals surface area (Å²) in [5, 5.41) is 19.8. The Labute approximate surface area is 115 Å². The maximum absolute atomic E-state index is 12.0. The van der Waals surface area contributed by atoms with Gasteiger partial charge >= 0.3 is 0 Å². The maximum atomic E-state index is 12.0. The molecular formula is C12H15ClN2O4. The van der Waals surface area contributed by atoms with Crippen molar-refractivity contribution < 1.29 is 14.8 Å². The van der Waals surface area contributed by atoms with Gasteiger partial charge in [-0.25, -0.2) is 0 Å². The van der Waals surface area contributed by atoms with E-state index in [2.05, 4.69) is 0 Å². The predicted molar refractivity (Wildman–Crippen MR) is 71.4 cm³/mol. The summed E-state index contributed by atoms with van der Waals surface area (Å²) in [6.45, 7) is 2.01. The Bertz CT molecular complexity index is 491. The summed E-state index contributed by atoms with van der Waals surface area (Å²) in [5.41, 5.74) is 0.0496. The topological polar surface area (TPSA) is 83.7 Å². The molecule has 0 fully saturated rings. The van der Waals surface area contributed by atoms with Gasteiger partial charge in [-0.1, -0.05) is 11.6 Å². The Balaban J connectivity index is 2.85. The average Bonchev–Trinajstić information content (AvgIpc) is 2.34. The molecule has 0 bridgehead atoms. The second-order valence-electron chi connectivity index (χ2n) is 4.29. The summed E-state index contributed by atoms with van der Waals surface area (Å²) in [5.74, 6) is -0.333. The lowest BCUT2D eigenvalue weighted by Crippen LogP contribution is -2.29. The van der Waals surface area contributed by atoms with Gasteiger partial charge in [0, 0.05) is 25.7 Å². The molecule has 0 saturated heterocycles. The molecule has 0 spiro atoms. The van der Waals surface area contributed by atoms with Gasteiger partial charge in [-0.2, -0.15) is 0 Å². The van der Waals surface area contributed by atoms with Crippen LogP contribution in [0.2, 0.25) is 5.02 Å². The lowest BCUT2D eigenvalue weighted by Gasteiger charge is -2.18. The number of non-ortho nitro benzene ring substituents is 1. The van der Waals surface area contributed by atoms with E-state index in [-0.39, 0.29) is 22.2 Å². The van der Waals surface area contributed by atoms with Crippen LogP contribution in [0, 0.1) is 10.1 Å². The number of aliphatic hydroxyl groups excluding tert-OH is 1. The fourth-order valence-electron chi connectivity index (χ4n) is 1.48. The molecule has 1 N–H and O–H groups in total. The molecule has 6 nitrogen and oxygen atoms in total. The normalized spacial score (nSPS) is 12.0. The van der Waals surface area contributed by atoms with Gasteiger partial charge in [-0.05, 0) is 19.4 Å². The predicted octanol–water partition coefficient (Wildman–Crippen LogP) is 2.09. The highest BCUT2D eigenvalue weighted by Crippen LogP contribution is 2.23. The molecule has 1 atom stereocenters. The number of carbonyl (C=O) groups excluding carboxylic acids is 1. The molecule has 1 amide bonds. The van der Waals surface area contributed by atoms with Gasteiger partial charge < -0.3 is 10.0 Å². The van der Waals surface area contributed by atoms with E-state index in [1.54, 1.807) is 14.0 Å². The molecule has 0 aromatic heterocycles. The highest BCUT2D eigenvalue weighted by atomic mass is 35.5. The number of hydrogen-bond donors (Lipinski definition) is 1. The molecule has 1 aromatic rings. The Morgan fingerprint density at radius 1 is 1.58 bits per heavy atom. The molecule has 0 aliphatic heterocycles. The highest BCUT2D eigenvalue weighted by Gasteiger charge is 2.18. The maximum Gasteiger partial charge on any atom is 0.270 e. The van der Waals surface area contributed by atoms with E-state index in [4.69, 9.17) is 16.7 Å². The first-order valence-corrected chi connectivity index (χ1v) is 6.08. The third kappa shape index (κ3) is 4.18. The number of hydrogen-bond acceptors (Lipinski definition) is 4. The first-order valence-electron chi connectivity index (χ1n) is 5.70. The lowest BCUT2D eigenvalue weighted by atomic mass is 10.1. The average molecular weight is 287 g/mol. The van der Waals surface area contributed by atoms with Gasteiger partial charge in [0.05, 0.1) is 21.6 Å². The fourth-order valence-corrected chi connectivity index (χ4v) is 1.73. The number of nitrogens with zero attached hydrogens (tertiary/aromatic N) is 2. The molecule has 1 unspecified atom stereocenters. The Kier molecular flexibility index (Phi) is 5.26. The van der Waals surface area contributed by atoms with E-state index in [0.29, 0.717) is 13.0 Å². The van der Waals surface area contributed by atoms with Crippen molar-refractivity contribution in [3.8, 4) is 0 Å². The van der Waals surface area contributed by atoms with Crippen LogP contribution in [0.3, 0.4) is 0 Å². The third-order valence-electron chi connectivity index (χ3n) is 2.62. The molecule has 0 heterocycles. The zero-order valence-corrected chi connectivity index (χ0v) is 11.4. The third-order valence-corrected chi connectivity index (χ3v) is 2.94. The monoisotopic (exact) mass is 286 g/mol. The van der Waals surface area contributed by atoms with E-state index >= 15 is 0 Å². The molecule has 0 radical (unpaired) electrons. The summed E-state index contributed by atoms with van der Waals surface area (Å²) in [6, 6.07) is 3.72. The number of benzene rings is 1. The first-order chi connectivity index (χ1) is 8.82. The first kappa shape index (κ1) is 15.4. The van der Waals surface area contributed by atoms with E-state index in [9.17, 15) is 14.9 Å². The summed E-state index contributed by atoms with van der Waals surface area (Å²) >= 11 is 5.87. The molecule has 1 rings (SSSR count). The molecule has 0 saturated carbocycles. The van der Waals surface area contributed by atoms with Gasteiger partial charge in [0.25, 0.3) is 11.6 Å². The summed E-state index contributed by atoms with van der Waals surface area (Å²) in [7, 11) is 1.59. The van der Waals surface area contributed by atoms with Crippen LogP contribution in [0.15, 0.2) is 18.2 Å². The summed E-state index contributed by atoms with van der Waals surface area (Å²) in [4.78, 5) is 23.5. The van der Waals surface area contributed by atoms with E-state index < -0.39 is 11.0 Å². The van der Waals surface area contributed by atoms with Crippen LogP contribution in [0.1, 0.15) is 23.7 Å². The molecule has 0 aliphatic carbocycles. The van der Waals surface area contributed by atoms with E-state index in [1.807, 2.05) is 0 Å². The number of amides is 1. The number of rotatable bonds is 5. The largest absolute Gasteiger partial charge is 0.393 e. The zero-order chi connectivity index (χ0) is 14.6. The van der Waals surface area contributed by atoms with Crippen LogP contribution in [0.5, 0.6) is 0 Å². The van der Waals surface area contributed by atoms with Crippen molar-refractivity contribution in [2.45, 2.75) is 19.4 Å². The second-order valence-corrected chi connectivity index (χ2v) is 4.69. The molecule has 0 aliphatic rings. The van der Waals surface area contributed by atoms with Crippen molar-refractivity contribution in [3.05, 3.63) is 38.9 Å². The number of nitro benzene ring substituents is 1. The van der Waals surface area contributed by atoms with Gasteiger partial charge in [0.2, 0.25) is 0 Å². The molecular weight excluding hydrogens is 272 g/mol. The highest BCUT2D eigenvalue weighted by molar-refractivity contribution is 6.34. The van der Waals surface area contributed by atoms with Crippen molar-refractivity contribution in [1.82, 2.24) is 4.90 Å². The summed E-state index contributed by atoms with van der Waals surface area (Å²) < 4.78 is 0. The van der Waals surface area contributed by atoms with Crippen molar-refractivity contribution in [3.63, 3.8) is 0 Å². The van der Waals surface area contributed by atoms with Crippen LogP contribution in [0.25, 0.3) is 0 Å². The van der Waals surface area contributed by atoms with Crippen molar-refractivity contribution in [2.75, 3.05) is 13.6 Å². The molecule has 19 heavy (non-hydrogen) atoms. The molecule has 1 aromatic carbocycles. The van der Waals surface area contributed by atoms with Crippen molar-refractivity contribution >= 4 is 23.2 Å². The summed E-state index contributed by atoms with van der Waals surface area (Å²) in [6.07, 6.45) is -0.0464. The SMILES string of the molecule is CC(O)CCN(C)C(=O)c1ccc([N+](=O)[O-])cc1Cl. The molecule has 104 valence electrons. The Hall–Kier alpha value is -1.66. The number of aliphatic hydroxyl groups is 1. The van der Waals surface area contributed by atoms with Gasteiger partial charge in [-0.3, -0.25) is 14.9 Å². The van der Waals surface area contributed by atoms with E-state index in [1.165, 1.54) is 17.0 Å². The van der Waals surface area contributed by atoms with Crippen LogP contribution < -0.4 is 0 Å². The van der Waals surface area contributed by atoms with Crippen LogP contribution in [0.4, 0.5) is 5.69 Å². The van der Waals surface area contributed by atoms with Crippen LogP contribution in [-0.4, -0.2) is 40.5 Å². The Morgan fingerprint density at radius 3 is 2.68 bits per heavy atom.